The lowest BCUT2D eigenvalue weighted by atomic mass is 9.67. The molecular weight excluding hydrogens is 536 g/mol. The van der Waals surface area contributed by atoms with Crippen LogP contribution in [0, 0.1) is 24.2 Å². The van der Waals surface area contributed by atoms with Gasteiger partial charge in [0.05, 0.1) is 17.7 Å². The van der Waals surface area contributed by atoms with Gasteiger partial charge in [-0.15, -0.1) is 0 Å². The zero-order valence-electron chi connectivity index (χ0n) is 28.0. The van der Waals surface area contributed by atoms with Gasteiger partial charge in [0.1, 0.15) is 5.82 Å². The Morgan fingerprint density at radius 3 is 2.63 bits per heavy atom. The Balaban J connectivity index is 1.47. The number of hydrogen-bond donors (Lipinski definition) is 2. The van der Waals surface area contributed by atoms with E-state index in [4.69, 9.17) is 15.8 Å². The van der Waals surface area contributed by atoms with Crippen molar-refractivity contribution in [2.45, 2.75) is 117 Å². The molecule has 240 valence electrons. The van der Waals surface area contributed by atoms with Crippen LogP contribution in [-0.2, 0) is 4.79 Å². The number of likely N-dealkylation sites (tertiary alicyclic amines) is 2. The predicted octanol–water partition coefficient (Wildman–Crippen LogP) is 4.78. The summed E-state index contributed by atoms with van der Waals surface area (Å²) in [5.41, 5.74) is 9.23. The van der Waals surface area contributed by atoms with Gasteiger partial charge in [0.25, 0.3) is 0 Å². The van der Waals surface area contributed by atoms with E-state index in [-0.39, 0.29) is 29.5 Å². The molecule has 3 fully saturated rings. The molecule has 5 heterocycles. The van der Waals surface area contributed by atoms with Gasteiger partial charge in [0.2, 0.25) is 5.91 Å². The standard InChI is InChI=1S/C34H58N8O/c1-8-34(6)14-11-16-40(25(5)18-23(2)3)31(34)27(20-36-7)33(43)41-15-10-9-12-29(41)28-19-30-37-32(24(4)21-42(30)38-28)39-17-13-26(35)22-39/h19,21,23,25-27,29,31,36H,8-18,20,22,35H2,1-7H3/t25?,26-,27?,29-,31?,34?/m0/s1. The molecule has 9 nitrogen and oxygen atoms in total. The molecule has 0 radical (unpaired) electrons. The molecular formula is C34H58N8O. The molecule has 0 saturated carbocycles. The number of anilines is 1. The minimum absolute atomic E-state index is 0.0238. The first kappa shape index (κ1) is 32.2. The summed E-state index contributed by atoms with van der Waals surface area (Å²) in [6.07, 6.45) is 10.8. The second-order valence-electron chi connectivity index (χ2n) is 14.6. The second-order valence-corrected chi connectivity index (χ2v) is 14.6. The van der Waals surface area contributed by atoms with Crippen molar-refractivity contribution in [3.63, 3.8) is 0 Å². The first-order chi connectivity index (χ1) is 20.6. The summed E-state index contributed by atoms with van der Waals surface area (Å²) in [7, 11) is 2.00. The molecule has 3 aliphatic rings. The van der Waals surface area contributed by atoms with E-state index in [0.29, 0.717) is 24.4 Å². The number of rotatable bonds is 10. The third-order valence-corrected chi connectivity index (χ3v) is 10.8. The maximum Gasteiger partial charge on any atom is 0.229 e. The van der Waals surface area contributed by atoms with Crippen LogP contribution >= 0.6 is 0 Å². The number of aromatic nitrogens is 3. The largest absolute Gasteiger partial charge is 0.355 e. The molecule has 0 spiro atoms. The van der Waals surface area contributed by atoms with E-state index in [2.05, 4.69) is 73.8 Å². The molecule has 3 N–H and O–H groups in total. The Bertz CT molecular complexity index is 1240. The Labute approximate surface area is 259 Å². The number of fused-ring (bicyclic) bond motifs is 1. The normalized spacial score (nSPS) is 28.6. The van der Waals surface area contributed by atoms with Crippen LogP contribution in [0.2, 0.25) is 0 Å². The zero-order valence-corrected chi connectivity index (χ0v) is 28.0. The maximum atomic E-state index is 14.9. The Morgan fingerprint density at radius 1 is 1.16 bits per heavy atom. The lowest BCUT2D eigenvalue weighted by molar-refractivity contribution is -0.147. The molecule has 0 aromatic carbocycles. The maximum absolute atomic E-state index is 14.9. The number of hydrogen-bond acceptors (Lipinski definition) is 7. The van der Waals surface area contributed by atoms with Crippen LogP contribution < -0.4 is 16.0 Å². The first-order valence-corrected chi connectivity index (χ1v) is 17.1. The monoisotopic (exact) mass is 594 g/mol. The second kappa shape index (κ2) is 13.4. The number of amides is 1. The van der Waals surface area contributed by atoms with Gasteiger partial charge in [-0.3, -0.25) is 9.69 Å². The number of nitrogens with two attached hydrogens (primary N) is 1. The van der Waals surface area contributed by atoms with Gasteiger partial charge in [-0.25, -0.2) is 9.50 Å². The molecule has 3 saturated heterocycles. The smallest absolute Gasteiger partial charge is 0.229 e. The zero-order chi connectivity index (χ0) is 30.9. The third-order valence-electron chi connectivity index (χ3n) is 10.8. The average molecular weight is 595 g/mol. The van der Waals surface area contributed by atoms with Crippen LogP contribution in [-0.4, -0.2) is 88.2 Å². The van der Waals surface area contributed by atoms with Crippen molar-refractivity contribution in [2.24, 2.45) is 23.0 Å². The van der Waals surface area contributed by atoms with Crippen molar-refractivity contribution >= 4 is 17.4 Å². The fourth-order valence-corrected chi connectivity index (χ4v) is 8.52. The van der Waals surface area contributed by atoms with Crippen molar-refractivity contribution in [1.29, 1.82) is 0 Å². The molecule has 4 unspecified atom stereocenters. The van der Waals surface area contributed by atoms with Crippen molar-refractivity contribution in [3.05, 3.63) is 23.5 Å². The van der Waals surface area contributed by atoms with Crippen LogP contribution in [0.15, 0.2) is 12.3 Å². The van der Waals surface area contributed by atoms with Gasteiger partial charge >= 0.3 is 0 Å². The van der Waals surface area contributed by atoms with E-state index in [1.807, 2.05) is 11.6 Å². The lowest BCUT2D eigenvalue weighted by Crippen LogP contribution is -2.62. The van der Waals surface area contributed by atoms with Crippen molar-refractivity contribution in [1.82, 2.24) is 29.7 Å². The van der Waals surface area contributed by atoms with Crippen LogP contribution in [0.1, 0.15) is 103 Å². The Kier molecular flexibility index (Phi) is 10.0. The van der Waals surface area contributed by atoms with E-state index in [0.717, 1.165) is 87.4 Å². The summed E-state index contributed by atoms with van der Waals surface area (Å²) in [6, 6.07) is 2.96. The van der Waals surface area contributed by atoms with Gasteiger partial charge in [0.15, 0.2) is 5.65 Å². The highest BCUT2D eigenvalue weighted by Gasteiger charge is 2.49. The Morgan fingerprint density at radius 2 is 1.95 bits per heavy atom. The van der Waals surface area contributed by atoms with Gasteiger partial charge in [0, 0.05) is 62.1 Å². The lowest BCUT2D eigenvalue weighted by Gasteiger charge is -2.54. The van der Waals surface area contributed by atoms with Gasteiger partial charge in [-0.05, 0) is 90.1 Å². The topological polar surface area (TPSA) is 95.0 Å². The van der Waals surface area contributed by atoms with Crippen molar-refractivity contribution in [3.8, 4) is 0 Å². The number of nitrogens with zero attached hydrogens (tertiary/aromatic N) is 6. The minimum Gasteiger partial charge on any atom is -0.355 e. The van der Waals surface area contributed by atoms with Crippen LogP contribution in [0.25, 0.3) is 5.65 Å². The summed E-state index contributed by atoms with van der Waals surface area (Å²) in [5, 5.41) is 8.49. The highest BCUT2D eigenvalue weighted by molar-refractivity contribution is 5.80. The van der Waals surface area contributed by atoms with Crippen LogP contribution in [0.4, 0.5) is 5.82 Å². The SMILES string of the molecule is CCC1(C)CCCN(C(C)CC(C)C)C1C(CNC)C(=O)N1CCCC[C@H]1c1cc2nc(N3CC[C@H](N)C3)c(C)cn2n1. The summed E-state index contributed by atoms with van der Waals surface area (Å²) < 4.78 is 1.91. The van der Waals surface area contributed by atoms with Crippen molar-refractivity contribution in [2.75, 3.05) is 44.7 Å². The quantitative estimate of drug-likeness (QED) is 0.409. The van der Waals surface area contributed by atoms with Gasteiger partial charge in [-0.1, -0.05) is 27.7 Å². The summed E-state index contributed by atoms with van der Waals surface area (Å²) in [4.78, 5) is 27.1. The summed E-state index contributed by atoms with van der Waals surface area (Å²) in [6.45, 7) is 18.2. The molecule has 9 heteroatoms. The summed E-state index contributed by atoms with van der Waals surface area (Å²) in [5.74, 6) is 1.82. The molecule has 6 atom stereocenters. The van der Waals surface area contributed by atoms with E-state index >= 15 is 0 Å². The third kappa shape index (κ3) is 6.59. The molecule has 2 aromatic heterocycles. The Hall–Kier alpha value is -2.23. The molecule has 1 amide bonds. The fourth-order valence-electron chi connectivity index (χ4n) is 8.52. The molecule has 43 heavy (non-hydrogen) atoms. The molecule has 2 aromatic rings. The van der Waals surface area contributed by atoms with Crippen LogP contribution in [0.3, 0.4) is 0 Å². The highest BCUT2D eigenvalue weighted by Crippen LogP contribution is 2.45. The molecule has 0 bridgehead atoms. The van der Waals surface area contributed by atoms with Crippen molar-refractivity contribution < 1.29 is 4.79 Å². The average Bonchev–Trinajstić information content (AvgIpc) is 3.60. The van der Waals surface area contributed by atoms with E-state index < -0.39 is 0 Å². The van der Waals surface area contributed by atoms with Gasteiger partial charge < -0.3 is 20.9 Å². The van der Waals surface area contributed by atoms with E-state index in [1.54, 1.807) is 0 Å². The fraction of sp³-hybridized carbons (Fsp3) is 0.794. The number of piperidine rings is 2. The first-order valence-electron chi connectivity index (χ1n) is 17.1. The predicted molar refractivity (Wildman–Crippen MR) is 175 cm³/mol. The highest BCUT2D eigenvalue weighted by atomic mass is 16.2. The number of carbonyl (C=O) groups excluding carboxylic acids is 1. The molecule has 0 aliphatic carbocycles. The molecule has 3 aliphatic heterocycles. The minimum atomic E-state index is -0.103. The van der Waals surface area contributed by atoms with E-state index in [9.17, 15) is 4.79 Å². The van der Waals surface area contributed by atoms with Gasteiger partial charge in [-0.2, -0.15) is 5.10 Å². The van der Waals surface area contributed by atoms with E-state index in [1.165, 1.54) is 12.8 Å². The summed E-state index contributed by atoms with van der Waals surface area (Å²) >= 11 is 0. The van der Waals surface area contributed by atoms with Crippen LogP contribution in [0.5, 0.6) is 0 Å². The number of carbonyl (C=O) groups is 1. The molecule has 5 rings (SSSR count). The number of aryl methyl sites for hydroxylation is 1. The number of nitrogens with one attached hydrogen (secondary N) is 1.